The van der Waals surface area contributed by atoms with Crippen LogP contribution in [0, 0.1) is 6.92 Å². The number of rotatable bonds is 5. The van der Waals surface area contributed by atoms with E-state index in [0.29, 0.717) is 13.1 Å². The summed E-state index contributed by atoms with van der Waals surface area (Å²) in [6, 6.07) is 10.5. The molecule has 0 unspecified atom stereocenters. The fourth-order valence-corrected chi connectivity index (χ4v) is 6.17. The van der Waals surface area contributed by atoms with Gasteiger partial charge in [0.15, 0.2) is 0 Å². The summed E-state index contributed by atoms with van der Waals surface area (Å²) in [4.78, 5) is 8.57. The van der Waals surface area contributed by atoms with Gasteiger partial charge in [-0.1, -0.05) is 6.42 Å². The molecule has 5 rings (SSSR count). The van der Waals surface area contributed by atoms with E-state index >= 15 is 0 Å². The van der Waals surface area contributed by atoms with Crippen LogP contribution < -0.4 is 5.32 Å². The Balaban J connectivity index is 1.41. The molecule has 0 radical (unpaired) electrons. The summed E-state index contributed by atoms with van der Waals surface area (Å²) in [6.45, 7) is 3.04. The average molecular weight is 409 g/mol. The lowest BCUT2D eigenvalue weighted by atomic mass is 10.00. The van der Waals surface area contributed by atoms with Crippen LogP contribution in [0.3, 0.4) is 0 Å². The van der Waals surface area contributed by atoms with Gasteiger partial charge < -0.3 is 5.32 Å². The molecule has 0 spiro atoms. The highest BCUT2D eigenvalue weighted by molar-refractivity contribution is 7.89. The van der Waals surface area contributed by atoms with Crippen molar-refractivity contribution in [3.05, 3.63) is 54.6 Å². The minimum Gasteiger partial charge on any atom is -0.379 e. The van der Waals surface area contributed by atoms with Crippen molar-refractivity contribution in [2.75, 3.05) is 18.4 Å². The molecule has 1 aliphatic carbocycles. The van der Waals surface area contributed by atoms with E-state index in [1.807, 2.05) is 31.5 Å². The molecule has 3 aromatic rings. The Morgan fingerprint density at radius 3 is 2.62 bits per heavy atom. The summed E-state index contributed by atoms with van der Waals surface area (Å²) < 4.78 is 26.7. The maximum Gasteiger partial charge on any atom is 0.217 e. The number of pyridine rings is 2. The van der Waals surface area contributed by atoms with E-state index in [1.54, 1.807) is 10.5 Å². The Labute approximate surface area is 171 Å². The molecular formula is C22H24N4O2S. The molecule has 2 fully saturated rings. The van der Waals surface area contributed by atoms with Gasteiger partial charge in [0, 0.05) is 48.4 Å². The molecule has 2 aromatic heterocycles. The highest BCUT2D eigenvalue weighted by Gasteiger charge is 2.42. The maximum absolute atomic E-state index is 12.6. The van der Waals surface area contributed by atoms with E-state index in [1.165, 1.54) is 0 Å². The largest absolute Gasteiger partial charge is 0.379 e. The third-order valence-corrected chi connectivity index (χ3v) is 8.36. The summed E-state index contributed by atoms with van der Waals surface area (Å²) in [7, 11) is -3.12. The van der Waals surface area contributed by atoms with Gasteiger partial charge in [-0.25, -0.2) is 8.42 Å². The third kappa shape index (κ3) is 3.38. The van der Waals surface area contributed by atoms with Crippen molar-refractivity contribution in [1.82, 2.24) is 14.3 Å². The third-order valence-electron chi connectivity index (χ3n) is 6.03. The highest BCUT2D eigenvalue weighted by Crippen LogP contribution is 2.34. The molecule has 29 heavy (non-hydrogen) atoms. The Hall–Kier alpha value is -2.51. The second-order valence-corrected chi connectivity index (χ2v) is 10.3. The van der Waals surface area contributed by atoms with E-state index < -0.39 is 10.0 Å². The molecule has 1 saturated carbocycles. The zero-order valence-corrected chi connectivity index (χ0v) is 17.2. The summed E-state index contributed by atoms with van der Waals surface area (Å²) in [5.74, 6) is 0. The molecule has 1 saturated heterocycles. The van der Waals surface area contributed by atoms with Crippen LogP contribution in [0.4, 0.5) is 5.69 Å². The number of aromatic nitrogens is 2. The molecule has 0 amide bonds. The van der Waals surface area contributed by atoms with E-state index in [-0.39, 0.29) is 11.3 Å². The first kappa shape index (κ1) is 18.5. The molecular weight excluding hydrogens is 384 g/mol. The Morgan fingerprint density at radius 1 is 1.07 bits per heavy atom. The SMILES string of the molecule is Cc1cc(-c2cc(NC3CN(S(=O)(=O)C4CCC4)C3)c3cnccc3c2)ccn1. The van der Waals surface area contributed by atoms with Crippen LogP contribution in [-0.4, -0.2) is 47.1 Å². The highest BCUT2D eigenvalue weighted by atomic mass is 32.2. The van der Waals surface area contributed by atoms with Gasteiger partial charge in [-0.15, -0.1) is 0 Å². The van der Waals surface area contributed by atoms with Crippen molar-refractivity contribution >= 4 is 26.5 Å². The number of benzene rings is 1. The summed E-state index contributed by atoms with van der Waals surface area (Å²) in [6.07, 6.45) is 8.12. The van der Waals surface area contributed by atoms with Gasteiger partial charge in [0.05, 0.1) is 11.3 Å². The number of aryl methyl sites for hydroxylation is 1. The van der Waals surface area contributed by atoms with E-state index in [2.05, 4.69) is 33.5 Å². The molecule has 1 N–H and O–H groups in total. The molecule has 3 heterocycles. The molecule has 6 nitrogen and oxygen atoms in total. The fraction of sp³-hybridized carbons (Fsp3) is 0.364. The van der Waals surface area contributed by atoms with Crippen LogP contribution in [0.2, 0.25) is 0 Å². The van der Waals surface area contributed by atoms with Gasteiger partial charge in [0.25, 0.3) is 0 Å². The lowest BCUT2D eigenvalue weighted by Crippen LogP contribution is -2.59. The van der Waals surface area contributed by atoms with Crippen molar-refractivity contribution in [2.24, 2.45) is 0 Å². The van der Waals surface area contributed by atoms with Crippen molar-refractivity contribution in [3.63, 3.8) is 0 Å². The normalized spacial score (nSPS) is 18.4. The van der Waals surface area contributed by atoms with E-state index in [0.717, 1.165) is 52.5 Å². The molecule has 7 heteroatoms. The number of fused-ring (bicyclic) bond motifs is 1. The van der Waals surface area contributed by atoms with Gasteiger partial charge in [0.1, 0.15) is 0 Å². The Bertz CT molecular complexity index is 1170. The first-order chi connectivity index (χ1) is 14.0. The first-order valence-corrected chi connectivity index (χ1v) is 11.6. The zero-order chi connectivity index (χ0) is 20.0. The second kappa shape index (κ2) is 7.07. The molecule has 1 aromatic carbocycles. The predicted octanol–water partition coefficient (Wildman–Crippen LogP) is 3.58. The van der Waals surface area contributed by atoms with Crippen LogP contribution >= 0.6 is 0 Å². The minimum atomic E-state index is -3.12. The number of sulfonamides is 1. The lowest BCUT2D eigenvalue weighted by Gasteiger charge is -2.42. The lowest BCUT2D eigenvalue weighted by molar-refractivity contribution is 0.270. The standard InChI is InChI=1S/C22H24N4O2S/c1-15-9-16(6-8-24-15)18-10-17-5-7-23-12-21(17)22(11-18)25-19-13-26(14-19)29(27,28)20-3-2-4-20/h5-12,19-20,25H,2-4,13-14H2,1H3. The van der Waals surface area contributed by atoms with Gasteiger partial charge in [-0.05, 0) is 66.6 Å². The number of hydrogen-bond acceptors (Lipinski definition) is 5. The Kier molecular flexibility index (Phi) is 4.52. The first-order valence-electron chi connectivity index (χ1n) is 10.1. The van der Waals surface area contributed by atoms with Gasteiger partial charge in [0.2, 0.25) is 10.0 Å². The topological polar surface area (TPSA) is 75.2 Å². The number of nitrogens with zero attached hydrogens (tertiary/aromatic N) is 3. The van der Waals surface area contributed by atoms with Gasteiger partial charge >= 0.3 is 0 Å². The zero-order valence-electron chi connectivity index (χ0n) is 16.4. The number of anilines is 1. The summed E-state index contributed by atoms with van der Waals surface area (Å²) in [5, 5.41) is 5.55. The van der Waals surface area contributed by atoms with Crippen LogP contribution in [0.1, 0.15) is 25.0 Å². The quantitative estimate of drug-likeness (QED) is 0.698. The van der Waals surface area contributed by atoms with Crippen molar-refractivity contribution in [2.45, 2.75) is 37.5 Å². The summed E-state index contributed by atoms with van der Waals surface area (Å²) in [5.41, 5.74) is 4.19. The second-order valence-electron chi connectivity index (χ2n) is 8.06. The smallest absolute Gasteiger partial charge is 0.217 e. The van der Waals surface area contributed by atoms with Crippen LogP contribution in [0.5, 0.6) is 0 Å². The van der Waals surface area contributed by atoms with Crippen LogP contribution in [0.25, 0.3) is 21.9 Å². The molecule has 0 bridgehead atoms. The van der Waals surface area contributed by atoms with Crippen molar-refractivity contribution < 1.29 is 8.42 Å². The number of nitrogens with one attached hydrogen (secondary N) is 1. The molecule has 1 aliphatic heterocycles. The monoisotopic (exact) mass is 408 g/mol. The average Bonchev–Trinajstić information content (AvgIpc) is 2.62. The van der Waals surface area contributed by atoms with Crippen molar-refractivity contribution in [1.29, 1.82) is 0 Å². The molecule has 150 valence electrons. The summed E-state index contributed by atoms with van der Waals surface area (Å²) >= 11 is 0. The van der Waals surface area contributed by atoms with E-state index in [9.17, 15) is 8.42 Å². The van der Waals surface area contributed by atoms with E-state index in [4.69, 9.17) is 0 Å². The molecule has 2 aliphatic rings. The van der Waals surface area contributed by atoms with Gasteiger partial charge in [-0.2, -0.15) is 4.31 Å². The maximum atomic E-state index is 12.6. The van der Waals surface area contributed by atoms with Gasteiger partial charge in [-0.3, -0.25) is 9.97 Å². The van der Waals surface area contributed by atoms with Crippen LogP contribution in [0.15, 0.2) is 48.9 Å². The predicted molar refractivity (Wildman–Crippen MR) is 115 cm³/mol. The van der Waals surface area contributed by atoms with Crippen molar-refractivity contribution in [3.8, 4) is 11.1 Å². The number of hydrogen-bond donors (Lipinski definition) is 1. The Morgan fingerprint density at radius 2 is 1.90 bits per heavy atom. The minimum absolute atomic E-state index is 0.114. The van der Waals surface area contributed by atoms with Crippen LogP contribution in [-0.2, 0) is 10.0 Å². The fourth-order valence-electron chi connectivity index (χ4n) is 4.05. The molecule has 0 atom stereocenters.